The Balaban J connectivity index is 2.15. The van der Waals surface area contributed by atoms with Gasteiger partial charge in [-0.05, 0) is 82.9 Å². The van der Waals surface area contributed by atoms with Crippen molar-refractivity contribution in [3.8, 4) is 18.1 Å². The van der Waals surface area contributed by atoms with Gasteiger partial charge in [0.05, 0.1) is 0 Å². The molecule has 0 saturated heterocycles. The Hall–Kier alpha value is -5.30. The van der Waals surface area contributed by atoms with Crippen LogP contribution in [0.4, 0.5) is 4.79 Å². The normalized spacial score (nSPS) is 13.1. The first-order valence-corrected chi connectivity index (χ1v) is 17.2. The zero-order valence-corrected chi connectivity index (χ0v) is 30.7. The van der Waals surface area contributed by atoms with Gasteiger partial charge in [0.2, 0.25) is 11.8 Å². The Morgan fingerprint density at radius 3 is 1.94 bits per heavy atom. The SMILES string of the molecule is C#Cc1ccccc1C(C(=O)NC(Cc1ccccc1)C(=O)OC(C)(C)C)N(CCCC)C(=O)C(Cc1ccc(O)cc1)NC(=O)OC(C)(C)C. The van der Waals surface area contributed by atoms with E-state index in [1.807, 2.05) is 37.3 Å². The van der Waals surface area contributed by atoms with Crippen molar-refractivity contribution in [2.45, 2.75) is 103 Å². The summed E-state index contributed by atoms with van der Waals surface area (Å²) >= 11 is 0. The van der Waals surface area contributed by atoms with Crippen molar-refractivity contribution in [3.63, 3.8) is 0 Å². The van der Waals surface area contributed by atoms with E-state index in [9.17, 15) is 24.3 Å². The average molecular weight is 698 g/mol. The molecule has 0 heterocycles. The van der Waals surface area contributed by atoms with Crippen LogP contribution in [-0.2, 0) is 36.7 Å². The summed E-state index contributed by atoms with van der Waals surface area (Å²) in [5, 5.41) is 15.5. The fourth-order valence-corrected chi connectivity index (χ4v) is 5.40. The van der Waals surface area contributed by atoms with E-state index in [0.717, 1.165) is 5.56 Å². The third-order valence-electron chi connectivity index (χ3n) is 7.66. The number of nitrogens with zero attached hydrogens (tertiary/aromatic N) is 1. The fraction of sp³-hybridized carbons (Fsp3) is 0.415. The number of ether oxygens (including phenoxy) is 2. The molecule has 51 heavy (non-hydrogen) atoms. The molecule has 10 heteroatoms. The number of terminal acetylenes is 1. The summed E-state index contributed by atoms with van der Waals surface area (Å²) in [4.78, 5) is 57.7. The van der Waals surface area contributed by atoms with Crippen LogP contribution in [0.5, 0.6) is 5.75 Å². The third-order valence-corrected chi connectivity index (χ3v) is 7.66. The quantitative estimate of drug-likeness (QED) is 0.134. The standard InChI is InChI=1S/C41H51N3O7/c1-9-11-25-44(37(47)33(43-39(49)51-41(6,7)8)26-29-21-23-31(45)24-22-29)35(32-20-16-15-19-30(32)10-2)36(46)42-34(38(48)50-40(3,4)5)27-28-17-13-12-14-18-28/h2,12-24,33-35,45H,9,11,25-27H2,1,3-8H3,(H,42,46)(H,43,49). The molecule has 0 bridgehead atoms. The van der Waals surface area contributed by atoms with Crippen LogP contribution >= 0.6 is 0 Å². The molecule has 3 atom stereocenters. The zero-order chi connectivity index (χ0) is 37.8. The van der Waals surface area contributed by atoms with E-state index < -0.39 is 53.2 Å². The molecule has 3 N–H and O–H groups in total. The summed E-state index contributed by atoms with van der Waals surface area (Å²) in [6, 6.07) is 18.8. The van der Waals surface area contributed by atoms with Crippen LogP contribution in [0.1, 0.15) is 89.6 Å². The minimum Gasteiger partial charge on any atom is -0.508 e. The summed E-state index contributed by atoms with van der Waals surface area (Å²) in [6.07, 6.45) is 6.49. The number of aromatic hydroxyl groups is 1. The van der Waals surface area contributed by atoms with Crippen LogP contribution in [0.2, 0.25) is 0 Å². The van der Waals surface area contributed by atoms with Crippen LogP contribution in [0.15, 0.2) is 78.9 Å². The molecular formula is C41H51N3O7. The molecule has 0 aliphatic rings. The number of unbranched alkanes of at least 4 members (excludes halogenated alkanes) is 1. The molecule has 0 fully saturated rings. The molecule has 0 spiro atoms. The molecule has 0 aliphatic carbocycles. The molecule has 0 saturated carbocycles. The minimum atomic E-state index is -1.29. The van der Waals surface area contributed by atoms with E-state index in [0.29, 0.717) is 29.5 Å². The van der Waals surface area contributed by atoms with Crippen molar-refractivity contribution in [2.24, 2.45) is 0 Å². The van der Waals surface area contributed by atoms with Gasteiger partial charge < -0.3 is 30.1 Å². The predicted octanol–water partition coefficient (Wildman–Crippen LogP) is 6.25. The van der Waals surface area contributed by atoms with Crippen molar-refractivity contribution in [1.29, 1.82) is 0 Å². The highest BCUT2D eigenvalue weighted by molar-refractivity contribution is 5.94. The Morgan fingerprint density at radius 1 is 0.784 bits per heavy atom. The van der Waals surface area contributed by atoms with Crippen molar-refractivity contribution in [1.82, 2.24) is 15.5 Å². The van der Waals surface area contributed by atoms with E-state index in [4.69, 9.17) is 15.9 Å². The minimum absolute atomic E-state index is 0.0284. The van der Waals surface area contributed by atoms with Gasteiger partial charge in [-0.15, -0.1) is 6.42 Å². The second-order valence-electron chi connectivity index (χ2n) is 14.4. The van der Waals surface area contributed by atoms with Gasteiger partial charge in [-0.2, -0.15) is 0 Å². The number of rotatable bonds is 14. The van der Waals surface area contributed by atoms with Crippen LogP contribution in [0.25, 0.3) is 0 Å². The van der Waals surface area contributed by atoms with Crippen LogP contribution in [0.3, 0.4) is 0 Å². The number of hydrogen-bond donors (Lipinski definition) is 3. The summed E-state index contributed by atoms with van der Waals surface area (Å²) in [7, 11) is 0. The maximum Gasteiger partial charge on any atom is 0.408 e. The van der Waals surface area contributed by atoms with E-state index in [1.165, 1.54) is 17.0 Å². The third kappa shape index (κ3) is 12.8. The summed E-state index contributed by atoms with van der Waals surface area (Å²) in [5.41, 5.74) is 0.537. The highest BCUT2D eigenvalue weighted by atomic mass is 16.6. The number of nitrogens with one attached hydrogen (secondary N) is 2. The molecule has 0 aliphatic heterocycles. The van der Waals surface area contributed by atoms with Gasteiger partial charge in [0.15, 0.2) is 0 Å². The molecule has 10 nitrogen and oxygen atoms in total. The van der Waals surface area contributed by atoms with Gasteiger partial charge in [-0.1, -0.05) is 79.9 Å². The van der Waals surface area contributed by atoms with Crippen molar-refractivity contribution in [3.05, 3.63) is 101 Å². The molecule has 3 rings (SSSR count). The number of carbonyl (C=O) groups excluding carboxylic acids is 4. The predicted molar refractivity (Wildman–Crippen MR) is 197 cm³/mol. The number of benzene rings is 3. The van der Waals surface area contributed by atoms with Crippen LogP contribution in [-0.4, -0.2) is 63.7 Å². The fourth-order valence-electron chi connectivity index (χ4n) is 5.40. The van der Waals surface area contributed by atoms with E-state index >= 15 is 0 Å². The summed E-state index contributed by atoms with van der Waals surface area (Å²) < 4.78 is 11.2. The van der Waals surface area contributed by atoms with Crippen molar-refractivity contribution >= 4 is 23.9 Å². The Labute approximate surface area is 301 Å². The van der Waals surface area contributed by atoms with Crippen LogP contribution < -0.4 is 10.6 Å². The smallest absolute Gasteiger partial charge is 0.408 e. The van der Waals surface area contributed by atoms with Gasteiger partial charge in [0.1, 0.15) is 35.1 Å². The lowest BCUT2D eigenvalue weighted by Crippen LogP contribution is -2.55. The average Bonchev–Trinajstić information content (AvgIpc) is 3.05. The Bertz CT molecular complexity index is 1670. The highest BCUT2D eigenvalue weighted by Gasteiger charge is 2.39. The van der Waals surface area contributed by atoms with Gasteiger partial charge in [0.25, 0.3) is 0 Å². The monoisotopic (exact) mass is 697 g/mol. The number of hydrogen-bond acceptors (Lipinski definition) is 7. The van der Waals surface area contributed by atoms with Gasteiger partial charge >= 0.3 is 12.1 Å². The number of phenols is 1. The largest absolute Gasteiger partial charge is 0.508 e. The maximum atomic E-state index is 14.8. The molecule has 3 aromatic rings. The second-order valence-corrected chi connectivity index (χ2v) is 14.4. The van der Waals surface area contributed by atoms with Crippen molar-refractivity contribution in [2.75, 3.05) is 6.54 Å². The lowest BCUT2D eigenvalue weighted by atomic mass is 9.95. The van der Waals surface area contributed by atoms with E-state index in [2.05, 4.69) is 16.6 Å². The maximum absolute atomic E-state index is 14.8. The molecule has 3 amide bonds. The molecule has 3 unspecified atom stereocenters. The number of esters is 1. The Morgan fingerprint density at radius 2 is 1.35 bits per heavy atom. The molecular weight excluding hydrogens is 646 g/mol. The van der Waals surface area contributed by atoms with Gasteiger partial charge in [-0.3, -0.25) is 9.59 Å². The molecule has 0 aromatic heterocycles. The number of carbonyl (C=O) groups is 4. The summed E-state index contributed by atoms with van der Waals surface area (Å²) in [5.74, 6) is 0.842. The number of amides is 3. The Kier molecular flexibility index (Phi) is 14.2. The lowest BCUT2D eigenvalue weighted by Gasteiger charge is -2.36. The van der Waals surface area contributed by atoms with E-state index in [-0.39, 0.29) is 25.1 Å². The van der Waals surface area contributed by atoms with Crippen LogP contribution in [0, 0.1) is 12.3 Å². The summed E-state index contributed by atoms with van der Waals surface area (Å²) in [6.45, 7) is 12.5. The first kappa shape index (κ1) is 40.1. The highest BCUT2D eigenvalue weighted by Crippen LogP contribution is 2.28. The second kappa shape index (κ2) is 18.1. The number of alkyl carbamates (subject to hydrolysis) is 1. The van der Waals surface area contributed by atoms with E-state index in [1.54, 1.807) is 77.9 Å². The molecule has 3 aromatic carbocycles. The van der Waals surface area contributed by atoms with Gasteiger partial charge in [0, 0.05) is 24.9 Å². The topological polar surface area (TPSA) is 134 Å². The molecule has 272 valence electrons. The number of phenolic OH excluding ortho intramolecular Hbond substituents is 1. The van der Waals surface area contributed by atoms with Gasteiger partial charge in [-0.25, -0.2) is 9.59 Å². The van der Waals surface area contributed by atoms with Crippen molar-refractivity contribution < 1.29 is 33.8 Å². The first-order chi connectivity index (χ1) is 24.0. The first-order valence-electron chi connectivity index (χ1n) is 17.2. The lowest BCUT2D eigenvalue weighted by molar-refractivity contribution is -0.159. The zero-order valence-electron chi connectivity index (χ0n) is 30.7. The molecule has 0 radical (unpaired) electrons.